The van der Waals surface area contributed by atoms with Crippen molar-refractivity contribution in [3.63, 3.8) is 0 Å². The predicted octanol–water partition coefficient (Wildman–Crippen LogP) is -1.16. The molecule has 4 heteroatoms. The fourth-order valence-electron chi connectivity index (χ4n) is 0.964. The second kappa shape index (κ2) is 3.53. The average molecular weight is 145 g/mol. The first kappa shape index (κ1) is 7.50. The number of aliphatic hydroxyl groups excluding tert-OH is 1. The third-order valence-corrected chi connectivity index (χ3v) is 1.62. The van der Waals surface area contributed by atoms with Crippen LogP contribution in [0, 0.1) is 0 Å². The molecule has 1 amide bonds. The van der Waals surface area contributed by atoms with Crippen molar-refractivity contribution < 1.29 is 14.6 Å². The molecule has 1 aliphatic rings. The van der Waals surface area contributed by atoms with Crippen LogP contribution < -0.4 is 0 Å². The number of amides is 1. The lowest BCUT2D eigenvalue weighted by atomic mass is 10.2. The van der Waals surface area contributed by atoms with E-state index in [2.05, 4.69) is 0 Å². The van der Waals surface area contributed by atoms with Crippen molar-refractivity contribution in [3.8, 4) is 0 Å². The summed E-state index contributed by atoms with van der Waals surface area (Å²) in [5.74, 6) is 0. The standard InChI is InChI=1S/C6H11NO3/c8-3-6-4-10-2-1-7(6)5-9/h5-6,8H,1-4H2. The van der Waals surface area contributed by atoms with E-state index in [9.17, 15) is 4.79 Å². The molecule has 1 heterocycles. The van der Waals surface area contributed by atoms with Crippen LogP contribution in [0.25, 0.3) is 0 Å². The van der Waals surface area contributed by atoms with Crippen molar-refractivity contribution in [3.05, 3.63) is 0 Å². The number of carbonyl (C=O) groups is 1. The van der Waals surface area contributed by atoms with Gasteiger partial charge in [-0.25, -0.2) is 0 Å². The first-order valence-corrected chi connectivity index (χ1v) is 3.28. The highest BCUT2D eigenvalue weighted by Gasteiger charge is 2.19. The zero-order valence-corrected chi connectivity index (χ0v) is 5.69. The minimum atomic E-state index is -0.133. The second-order valence-electron chi connectivity index (χ2n) is 2.25. The Hall–Kier alpha value is -0.610. The number of rotatable bonds is 2. The van der Waals surface area contributed by atoms with Crippen LogP contribution in [0.5, 0.6) is 0 Å². The maximum atomic E-state index is 10.3. The number of nitrogens with zero attached hydrogens (tertiary/aromatic N) is 1. The maximum Gasteiger partial charge on any atom is 0.210 e. The van der Waals surface area contributed by atoms with Crippen LogP contribution in [-0.2, 0) is 9.53 Å². The van der Waals surface area contributed by atoms with Crippen molar-refractivity contribution in [1.82, 2.24) is 4.90 Å². The Morgan fingerprint density at radius 3 is 3.10 bits per heavy atom. The monoisotopic (exact) mass is 145 g/mol. The Morgan fingerprint density at radius 1 is 1.80 bits per heavy atom. The second-order valence-corrected chi connectivity index (χ2v) is 2.25. The summed E-state index contributed by atoms with van der Waals surface area (Å²) in [7, 11) is 0. The van der Waals surface area contributed by atoms with Crippen molar-refractivity contribution in [1.29, 1.82) is 0 Å². The van der Waals surface area contributed by atoms with Gasteiger partial charge in [-0.3, -0.25) is 4.79 Å². The van der Waals surface area contributed by atoms with Crippen molar-refractivity contribution in [2.45, 2.75) is 6.04 Å². The third-order valence-electron chi connectivity index (χ3n) is 1.62. The Bertz CT molecular complexity index is 118. The van der Waals surface area contributed by atoms with Gasteiger partial charge in [-0.1, -0.05) is 0 Å². The van der Waals surface area contributed by atoms with Gasteiger partial charge >= 0.3 is 0 Å². The first-order valence-electron chi connectivity index (χ1n) is 3.28. The van der Waals surface area contributed by atoms with Gasteiger partial charge in [0.05, 0.1) is 25.9 Å². The van der Waals surface area contributed by atoms with E-state index in [-0.39, 0.29) is 12.6 Å². The number of ether oxygens (including phenoxy) is 1. The van der Waals surface area contributed by atoms with Crippen molar-refractivity contribution in [2.75, 3.05) is 26.4 Å². The molecule has 4 nitrogen and oxygen atoms in total. The SMILES string of the molecule is O=CN1CCOCC1CO. The summed E-state index contributed by atoms with van der Waals surface area (Å²) < 4.78 is 5.04. The molecule has 1 atom stereocenters. The molecule has 1 aliphatic heterocycles. The summed E-state index contributed by atoms with van der Waals surface area (Å²) in [6, 6.07) is -0.133. The molecule has 58 valence electrons. The van der Waals surface area contributed by atoms with Crippen LogP contribution in [0.2, 0.25) is 0 Å². The van der Waals surface area contributed by atoms with E-state index in [0.29, 0.717) is 19.8 Å². The fraction of sp³-hybridized carbons (Fsp3) is 0.833. The molecule has 0 saturated carbocycles. The van der Waals surface area contributed by atoms with E-state index in [4.69, 9.17) is 9.84 Å². The molecule has 0 aromatic carbocycles. The maximum absolute atomic E-state index is 10.3. The highest BCUT2D eigenvalue weighted by Crippen LogP contribution is 2.02. The number of carbonyl (C=O) groups excluding carboxylic acids is 1. The smallest absolute Gasteiger partial charge is 0.210 e. The lowest BCUT2D eigenvalue weighted by Gasteiger charge is -2.30. The molecule has 10 heavy (non-hydrogen) atoms. The molecule has 0 aliphatic carbocycles. The third kappa shape index (κ3) is 1.46. The van der Waals surface area contributed by atoms with Crippen LogP contribution in [0.4, 0.5) is 0 Å². The molecule has 0 aromatic rings. The van der Waals surface area contributed by atoms with Crippen molar-refractivity contribution >= 4 is 6.41 Å². The average Bonchev–Trinajstić information content (AvgIpc) is 2.04. The highest BCUT2D eigenvalue weighted by molar-refractivity contribution is 5.47. The molecule has 0 spiro atoms. The molecule has 1 saturated heterocycles. The summed E-state index contributed by atoms with van der Waals surface area (Å²) in [4.78, 5) is 11.8. The molecule has 1 rings (SSSR count). The predicted molar refractivity (Wildman–Crippen MR) is 34.5 cm³/mol. The number of hydrogen-bond donors (Lipinski definition) is 1. The molecule has 1 N–H and O–H groups in total. The zero-order chi connectivity index (χ0) is 7.40. The molecule has 1 unspecified atom stereocenters. The van der Waals surface area contributed by atoms with Gasteiger partial charge in [-0.15, -0.1) is 0 Å². The topological polar surface area (TPSA) is 49.8 Å². The lowest BCUT2D eigenvalue weighted by molar-refractivity contribution is -0.127. The van der Waals surface area contributed by atoms with E-state index >= 15 is 0 Å². The Labute approximate surface area is 59.4 Å². The summed E-state index contributed by atoms with van der Waals surface area (Å²) in [6.45, 7) is 1.61. The van der Waals surface area contributed by atoms with Gasteiger partial charge in [0.2, 0.25) is 6.41 Å². The van der Waals surface area contributed by atoms with Gasteiger partial charge in [0.25, 0.3) is 0 Å². The Kier molecular flexibility index (Phi) is 2.65. The van der Waals surface area contributed by atoms with Crippen LogP contribution >= 0.6 is 0 Å². The number of morpholine rings is 1. The minimum Gasteiger partial charge on any atom is -0.394 e. The number of aliphatic hydroxyl groups is 1. The molecule has 0 radical (unpaired) electrons. The minimum absolute atomic E-state index is 0.0151. The van der Waals surface area contributed by atoms with E-state index < -0.39 is 0 Å². The van der Waals surface area contributed by atoms with E-state index in [1.54, 1.807) is 4.90 Å². The van der Waals surface area contributed by atoms with Gasteiger partial charge in [0.1, 0.15) is 0 Å². The van der Waals surface area contributed by atoms with Gasteiger partial charge in [-0.2, -0.15) is 0 Å². The van der Waals surface area contributed by atoms with Gasteiger partial charge < -0.3 is 14.7 Å². The van der Waals surface area contributed by atoms with E-state index in [1.165, 1.54) is 0 Å². The zero-order valence-electron chi connectivity index (χ0n) is 5.69. The molecular formula is C6H11NO3. The van der Waals surface area contributed by atoms with E-state index in [0.717, 1.165) is 6.41 Å². The molecule has 1 fully saturated rings. The van der Waals surface area contributed by atoms with Gasteiger partial charge in [0, 0.05) is 6.54 Å². The van der Waals surface area contributed by atoms with Crippen LogP contribution in [0.1, 0.15) is 0 Å². The largest absolute Gasteiger partial charge is 0.394 e. The normalized spacial score (nSPS) is 26.5. The van der Waals surface area contributed by atoms with E-state index in [1.807, 2.05) is 0 Å². The Morgan fingerprint density at radius 2 is 2.60 bits per heavy atom. The molecule has 0 bridgehead atoms. The van der Waals surface area contributed by atoms with Gasteiger partial charge in [-0.05, 0) is 0 Å². The first-order chi connectivity index (χ1) is 4.88. The van der Waals surface area contributed by atoms with Crippen LogP contribution in [-0.4, -0.2) is 48.8 Å². The lowest BCUT2D eigenvalue weighted by Crippen LogP contribution is -2.46. The summed E-state index contributed by atoms with van der Waals surface area (Å²) in [6.07, 6.45) is 0.753. The van der Waals surface area contributed by atoms with Gasteiger partial charge in [0.15, 0.2) is 0 Å². The highest BCUT2D eigenvalue weighted by atomic mass is 16.5. The fourth-order valence-corrected chi connectivity index (χ4v) is 0.964. The van der Waals surface area contributed by atoms with Crippen molar-refractivity contribution in [2.24, 2.45) is 0 Å². The quantitative estimate of drug-likeness (QED) is 0.498. The number of hydrogen-bond acceptors (Lipinski definition) is 3. The molecular weight excluding hydrogens is 134 g/mol. The molecule has 0 aromatic heterocycles. The summed E-state index contributed by atoms with van der Waals surface area (Å²) in [5.41, 5.74) is 0. The van der Waals surface area contributed by atoms with Crippen LogP contribution in [0.15, 0.2) is 0 Å². The summed E-state index contributed by atoms with van der Waals surface area (Å²) in [5, 5.41) is 8.71. The summed E-state index contributed by atoms with van der Waals surface area (Å²) >= 11 is 0. The Balaban J connectivity index is 2.41. The van der Waals surface area contributed by atoms with Crippen LogP contribution in [0.3, 0.4) is 0 Å².